The van der Waals surface area contributed by atoms with Gasteiger partial charge in [0.05, 0.1) is 23.4 Å². The monoisotopic (exact) mass is 354 g/mol. The lowest BCUT2D eigenvalue weighted by Gasteiger charge is -2.11. The van der Waals surface area contributed by atoms with E-state index < -0.39 is 0 Å². The Hall–Kier alpha value is -1.72. The predicted molar refractivity (Wildman–Crippen MR) is 84.5 cm³/mol. The van der Waals surface area contributed by atoms with Crippen LogP contribution in [0.1, 0.15) is 10.4 Å². The van der Waals surface area contributed by atoms with Crippen LogP contribution >= 0.6 is 27.5 Å². The van der Waals surface area contributed by atoms with E-state index in [1.165, 1.54) is 13.2 Å². The number of ether oxygens (including phenoxy) is 1. The molecule has 20 heavy (non-hydrogen) atoms. The predicted octanol–water partition coefficient (Wildman–Crippen LogP) is 3.95. The lowest BCUT2D eigenvalue weighted by atomic mass is 10.2. The van der Waals surface area contributed by atoms with E-state index in [0.29, 0.717) is 27.7 Å². The van der Waals surface area contributed by atoms with Gasteiger partial charge < -0.3 is 15.8 Å². The van der Waals surface area contributed by atoms with Crippen molar-refractivity contribution in [1.29, 1.82) is 0 Å². The van der Waals surface area contributed by atoms with E-state index in [0.717, 1.165) is 4.47 Å². The zero-order valence-corrected chi connectivity index (χ0v) is 13.0. The van der Waals surface area contributed by atoms with Crippen LogP contribution in [0.3, 0.4) is 0 Å². The molecule has 0 atom stereocenters. The molecule has 0 saturated carbocycles. The first kappa shape index (κ1) is 14.7. The first-order valence-electron chi connectivity index (χ1n) is 5.71. The fourth-order valence-electron chi connectivity index (χ4n) is 1.68. The summed E-state index contributed by atoms with van der Waals surface area (Å²) in [6.07, 6.45) is 0. The quantitative estimate of drug-likeness (QED) is 0.820. The number of amides is 1. The molecule has 0 radical (unpaired) electrons. The van der Waals surface area contributed by atoms with E-state index in [-0.39, 0.29) is 5.91 Å². The van der Waals surface area contributed by atoms with Crippen LogP contribution in [0.4, 0.5) is 11.4 Å². The standard InChI is InChI=1S/C14H12BrClN2O2/c1-20-13-5-2-8(15)6-12(13)18-14(19)10-7-9(17)3-4-11(10)16/h2-7H,17H2,1H3,(H,18,19). The zero-order valence-electron chi connectivity index (χ0n) is 10.6. The highest BCUT2D eigenvalue weighted by molar-refractivity contribution is 9.10. The Morgan fingerprint density at radius 1 is 1.30 bits per heavy atom. The SMILES string of the molecule is COc1ccc(Br)cc1NC(=O)c1cc(N)ccc1Cl. The van der Waals surface area contributed by atoms with E-state index in [9.17, 15) is 4.79 Å². The molecule has 3 N–H and O–H groups in total. The van der Waals surface area contributed by atoms with Crippen molar-refractivity contribution in [3.8, 4) is 5.75 Å². The van der Waals surface area contributed by atoms with Crippen LogP contribution < -0.4 is 15.8 Å². The largest absolute Gasteiger partial charge is 0.495 e. The van der Waals surface area contributed by atoms with Crippen LogP contribution in [-0.4, -0.2) is 13.0 Å². The van der Waals surface area contributed by atoms with E-state index in [2.05, 4.69) is 21.2 Å². The summed E-state index contributed by atoms with van der Waals surface area (Å²) in [6.45, 7) is 0. The topological polar surface area (TPSA) is 64.3 Å². The van der Waals surface area contributed by atoms with Crippen molar-refractivity contribution in [2.24, 2.45) is 0 Å². The molecule has 0 spiro atoms. The number of rotatable bonds is 3. The second-order valence-corrected chi connectivity index (χ2v) is 5.36. The van der Waals surface area contributed by atoms with Crippen molar-refractivity contribution in [3.05, 3.63) is 51.5 Å². The third kappa shape index (κ3) is 3.23. The molecular weight excluding hydrogens is 344 g/mol. The molecular formula is C14H12BrClN2O2. The van der Waals surface area contributed by atoms with Gasteiger partial charge in [0, 0.05) is 10.2 Å². The van der Waals surface area contributed by atoms with Crippen molar-refractivity contribution in [1.82, 2.24) is 0 Å². The maximum absolute atomic E-state index is 12.2. The molecule has 104 valence electrons. The lowest BCUT2D eigenvalue weighted by molar-refractivity contribution is 0.102. The molecule has 0 fully saturated rings. The number of hydrogen-bond acceptors (Lipinski definition) is 3. The number of benzene rings is 2. The molecule has 0 aliphatic rings. The summed E-state index contributed by atoms with van der Waals surface area (Å²) in [5, 5.41) is 3.09. The Kier molecular flexibility index (Phi) is 4.52. The fraction of sp³-hybridized carbons (Fsp3) is 0.0714. The molecule has 4 nitrogen and oxygen atoms in total. The number of carbonyl (C=O) groups is 1. The Morgan fingerprint density at radius 2 is 2.05 bits per heavy atom. The zero-order chi connectivity index (χ0) is 14.7. The number of hydrogen-bond donors (Lipinski definition) is 2. The van der Waals surface area contributed by atoms with Crippen molar-refractivity contribution >= 4 is 44.8 Å². The van der Waals surface area contributed by atoms with E-state index in [4.69, 9.17) is 22.1 Å². The van der Waals surface area contributed by atoms with Gasteiger partial charge in [0.15, 0.2) is 0 Å². The van der Waals surface area contributed by atoms with Crippen LogP contribution in [0, 0.1) is 0 Å². The van der Waals surface area contributed by atoms with Gasteiger partial charge >= 0.3 is 0 Å². The molecule has 0 unspecified atom stereocenters. The molecule has 0 bridgehead atoms. The van der Waals surface area contributed by atoms with Gasteiger partial charge in [-0.05, 0) is 36.4 Å². The molecule has 0 saturated heterocycles. The van der Waals surface area contributed by atoms with Crippen LogP contribution in [0.25, 0.3) is 0 Å². The van der Waals surface area contributed by atoms with Gasteiger partial charge in [0.2, 0.25) is 0 Å². The van der Waals surface area contributed by atoms with Gasteiger partial charge in [-0.25, -0.2) is 0 Å². The average Bonchev–Trinajstić information content (AvgIpc) is 2.41. The van der Waals surface area contributed by atoms with Crippen molar-refractivity contribution in [3.63, 3.8) is 0 Å². The number of nitrogen functional groups attached to an aromatic ring is 1. The normalized spacial score (nSPS) is 10.2. The lowest BCUT2D eigenvalue weighted by Crippen LogP contribution is -2.13. The maximum atomic E-state index is 12.2. The van der Waals surface area contributed by atoms with Gasteiger partial charge in [-0.2, -0.15) is 0 Å². The summed E-state index contributed by atoms with van der Waals surface area (Å²) >= 11 is 9.35. The number of nitrogens with two attached hydrogens (primary N) is 1. The van der Waals surface area contributed by atoms with Crippen molar-refractivity contribution in [2.45, 2.75) is 0 Å². The highest BCUT2D eigenvalue weighted by Gasteiger charge is 2.13. The summed E-state index contributed by atoms with van der Waals surface area (Å²) in [7, 11) is 1.53. The van der Waals surface area contributed by atoms with Gasteiger partial charge in [-0.1, -0.05) is 27.5 Å². The Morgan fingerprint density at radius 3 is 2.75 bits per heavy atom. The average molecular weight is 356 g/mol. The molecule has 0 aliphatic heterocycles. The third-order valence-electron chi connectivity index (χ3n) is 2.64. The first-order chi connectivity index (χ1) is 9.51. The smallest absolute Gasteiger partial charge is 0.257 e. The van der Waals surface area contributed by atoms with Crippen molar-refractivity contribution < 1.29 is 9.53 Å². The molecule has 1 amide bonds. The number of nitrogens with one attached hydrogen (secondary N) is 1. The minimum atomic E-state index is -0.348. The molecule has 2 aromatic carbocycles. The summed E-state index contributed by atoms with van der Waals surface area (Å²) in [5.74, 6) is 0.209. The second-order valence-electron chi connectivity index (χ2n) is 4.04. The Labute approximate surface area is 130 Å². The summed E-state index contributed by atoms with van der Waals surface area (Å²) in [5.41, 5.74) is 7.00. The molecule has 2 aromatic rings. The number of halogens is 2. The molecule has 2 rings (SSSR count). The summed E-state index contributed by atoms with van der Waals surface area (Å²) in [6, 6.07) is 10.1. The van der Waals surface area contributed by atoms with E-state index in [1.807, 2.05) is 6.07 Å². The van der Waals surface area contributed by atoms with E-state index >= 15 is 0 Å². The van der Waals surface area contributed by atoms with Gasteiger partial charge in [0.1, 0.15) is 5.75 Å². The minimum Gasteiger partial charge on any atom is -0.495 e. The summed E-state index contributed by atoms with van der Waals surface area (Å²) < 4.78 is 6.02. The fourth-order valence-corrected chi connectivity index (χ4v) is 2.25. The summed E-state index contributed by atoms with van der Waals surface area (Å²) in [4.78, 5) is 12.2. The van der Waals surface area contributed by atoms with E-state index in [1.54, 1.807) is 24.3 Å². The Balaban J connectivity index is 2.32. The number of carbonyl (C=O) groups excluding carboxylic acids is 1. The highest BCUT2D eigenvalue weighted by atomic mass is 79.9. The van der Waals surface area contributed by atoms with Gasteiger partial charge in [-0.3, -0.25) is 4.79 Å². The van der Waals surface area contributed by atoms with Crippen molar-refractivity contribution in [2.75, 3.05) is 18.2 Å². The third-order valence-corrected chi connectivity index (χ3v) is 3.47. The minimum absolute atomic E-state index is 0.314. The molecule has 0 aromatic heterocycles. The first-order valence-corrected chi connectivity index (χ1v) is 6.88. The van der Waals surface area contributed by atoms with Crippen LogP contribution in [0.2, 0.25) is 5.02 Å². The van der Waals surface area contributed by atoms with Crippen LogP contribution in [0.5, 0.6) is 5.75 Å². The van der Waals surface area contributed by atoms with Gasteiger partial charge in [-0.15, -0.1) is 0 Å². The maximum Gasteiger partial charge on any atom is 0.257 e. The molecule has 0 aliphatic carbocycles. The van der Waals surface area contributed by atoms with Crippen LogP contribution in [0.15, 0.2) is 40.9 Å². The van der Waals surface area contributed by atoms with Gasteiger partial charge in [0.25, 0.3) is 5.91 Å². The number of methoxy groups -OCH3 is 1. The van der Waals surface area contributed by atoms with Crippen LogP contribution in [-0.2, 0) is 0 Å². The molecule has 6 heteroatoms. The highest BCUT2D eigenvalue weighted by Crippen LogP contribution is 2.29. The molecule has 0 heterocycles. The second kappa shape index (κ2) is 6.15. The Bertz CT molecular complexity index is 662. The number of anilines is 2.